The van der Waals surface area contributed by atoms with Gasteiger partial charge in [-0.2, -0.15) is 0 Å². The Bertz CT molecular complexity index is 309. The molecule has 1 N–H and O–H groups in total. The molecule has 1 heterocycles. The summed E-state index contributed by atoms with van der Waals surface area (Å²) in [7, 11) is 2.07. The van der Waals surface area contributed by atoms with Gasteiger partial charge in [0.1, 0.15) is 0 Å². The predicted molar refractivity (Wildman–Crippen MR) is 72.5 cm³/mol. The van der Waals surface area contributed by atoms with Gasteiger partial charge in [0.05, 0.1) is 17.5 Å². The van der Waals surface area contributed by atoms with E-state index in [1.807, 2.05) is 13.0 Å². The van der Waals surface area contributed by atoms with Crippen LogP contribution in [0.4, 0.5) is 0 Å². The Morgan fingerprint density at radius 3 is 2.82 bits per heavy atom. The highest BCUT2D eigenvalue weighted by Crippen LogP contribution is 2.23. The van der Waals surface area contributed by atoms with Crippen molar-refractivity contribution in [3.05, 3.63) is 24.4 Å². The third-order valence-electron chi connectivity index (χ3n) is 3.38. The first-order chi connectivity index (χ1) is 8.10. The lowest BCUT2D eigenvalue weighted by Gasteiger charge is -2.37. The fourth-order valence-electron chi connectivity index (χ4n) is 2.31. The molecule has 0 aromatic rings. The minimum Gasteiger partial charge on any atom is -0.378 e. The summed E-state index contributed by atoms with van der Waals surface area (Å²) in [5, 5.41) is 7.81. The summed E-state index contributed by atoms with van der Waals surface area (Å²) in [6.07, 6.45) is 7.18. The normalized spacial score (nSPS) is 25.5. The van der Waals surface area contributed by atoms with E-state index >= 15 is 0 Å². The van der Waals surface area contributed by atoms with Crippen LogP contribution in [0.2, 0.25) is 0 Å². The van der Waals surface area contributed by atoms with Crippen molar-refractivity contribution in [2.45, 2.75) is 45.3 Å². The van der Waals surface area contributed by atoms with Crippen LogP contribution >= 0.6 is 0 Å². The minimum absolute atomic E-state index is 0.368. The van der Waals surface area contributed by atoms with Gasteiger partial charge in [-0.3, -0.25) is 0 Å². The van der Waals surface area contributed by atoms with Crippen molar-refractivity contribution in [1.29, 1.82) is 5.41 Å². The molecule has 0 aliphatic carbocycles. The highest BCUT2D eigenvalue weighted by atomic mass is 16.5. The van der Waals surface area contributed by atoms with Crippen molar-refractivity contribution in [1.82, 2.24) is 4.90 Å². The average Bonchev–Trinajstić information content (AvgIpc) is 2.34. The Morgan fingerprint density at radius 1 is 1.59 bits per heavy atom. The Labute approximate surface area is 105 Å². The van der Waals surface area contributed by atoms with Crippen LogP contribution in [0.1, 0.15) is 33.1 Å². The van der Waals surface area contributed by atoms with Crippen LogP contribution in [-0.4, -0.2) is 36.4 Å². The maximum Gasteiger partial charge on any atom is 0.0592 e. The maximum atomic E-state index is 7.81. The van der Waals surface area contributed by atoms with Crippen LogP contribution in [0.5, 0.6) is 0 Å². The lowest BCUT2D eigenvalue weighted by molar-refractivity contribution is -0.0164. The highest BCUT2D eigenvalue weighted by Gasteiger charge is 2.25. The Hall–Kier alpha value is -1.09. The van der Waals surface area contributed by atoms with Gasteiger partial charge < -0.3 is 15.0 Å². The molecule has 17 heavy (non-hydrogen) atoms. The third kappa shape index (κ3) is 3.70. The second-order valence-corrected chi connectivity index (χ2v) is 4.60. The van der Waals surface area contributed by atoms with Crippen molar-refractivity contribution in [2.24, 2.45) is 0 Å². The molecule has 1 saturated heterocycles. The summed E-state index contributed by atoms with van der Waals surface area (Å²) in [6.45, 7) is 8.53. The molecule has 0 spiro atoms. The fraction of sp³-hybridized carbons (Fsp3) is 0.643. The Morgan fingerprint density at radius 2 is 2.29 bits per heavy atom. The van der Waals surface area contributed by atoms with Gasteiger partial charge in [-0.25, -0.2) is 0 Å². The molecule has 0 bridgehead atoms. The first-order valence-electron chi connectivity index (χ1n) is 6.32. The summed E-state index contributed by atoms with van der Waals surface area (Å²) in [4.78, 5) is 2.20. The quantitative estimate of drug-likeness (QED) is 0.588. The van der Waals surface area contributed by atoms with Gasteiger partial charge in [-0.15, -0.1) is 0 Å². The maximum absolute atomic E-state index is 7.81. The van der Waals surface area contributed by atoms with Crippen LogP contribution in [-0.2, 0) is 4.74 Å². The first-order valence-corrected chi connectivity index (χ1v) is 6.32. The molecule has 0 aromatic heterocycles. The Kier molecular flexibility index (Phi) is 5.42. The molecule has 2 atom stereocenters. The molecule has 0 radical (unpaired) electrons. The molecule has 0 aromatic carbocycles. The highest BCUT2D eigenvalue weighted by molar-refractivity contribution is 5.95. The summed E-state index contributed by atoms with van der Waals surface area (Å²) < 4.78 is 5.69. The zero-order valence-electron chi connectivity index (χ0n) is 11.2. The van der Waals surface area contributed by atoms with E-state index in [1.54, 1.807) is 6.08 Å². The summed E-state index contributed by atoms with van der Waals surface area (Å²) in [5.74, 6) is 0. The molecular weight excluding hydrogens is 212 g/mol. The molecule has 0 saturated carbocycles. The van der Waals surface area contributed by atoms with Crippen molar-refractivity contribution in [3.8, 4) is 0 Å². The summed E-state index contributed by atoms with van der Waals surface area (Å²) in [6, 6.07) is 0.472. The number of nitrogens with one attached hydrogen (secondary N) is 1. The lowest BCUT2D eigenvalue weighted by Crippen LogP contribution is -2.40. The molecular formula is C14H24N2O. The van der Waals surface area contributed by atoms with Crippen LogP contribution in [0.15, 0.2) is 24.4 Å². The minimum atomic E-state index is 0.368. The van der Waals surface area contributed by atoms with Gasteiger partial charge in [0.25, 0.3) is 0 Å². The molecule has 1 aliphatic rings. The second-order valence-electron chi connectivity index (χ2n) is 4.60. The second kappa shape index (κ2) is 6.60. The topological polar surface area (TPSA) is 36.3 Å². The van der Waals surface area contributed by atoms with E-state index in [9.17, 15) is 0 Å². The molecule has 96 valence electrons. The molecule has 3 heteroatoms. The van der Waals surface area contributed by atoms with Crippen LogP contribution in [0.3, 0.4) is 0 Å². The monoisotopic (exact) mass is 236 g/mol. The number of hydrogen-bond donors (Lipinski definition) is 1. The van der Waals surface area contributed by atoms with E-state index in [1.165, 1.54) is 0 Å². The van der Waals surface area contributed by atoms with Gasteiger partial charge in [0.2, 0.25) is 0 Å². The van der Waals surface area contributed by atoms with Gasteiger partial charge in [0.15, 0.2) is 0 Å². The van der Waals surface area contributed by atoms with E-state index in [0.717, 1.165) is 31.6 Å². The van der Waals surface area contributed by atoms with Crippen LogP contribution in [0, 0.1) is 5.41 Å². The average molecular weight is 236 g/mol. The molecule has 3 nitrogen and oxygen atoms in total. The summed E-state index contributed by atoms with van der Waals surface area (Å²) in [5.41, 5.74) is 1.55. The van der Waals surface area contributed by atoms with E-state index in [2.05, 4.69) is 25.5 Å². The van der Waals surface area contributed by atoms with E-state index < -0.39 is 0 Å². The molecule has 1 rings (SSSR count). The van der Waals surface area contributed by atoms with Crippen molar-refractivity contribution in [2.75, 3.05) is 13.7 Å². The van der Waals surface area contributed by atoms with Gasteiger partial charge in [0, 0.05) is 19.7 Å². The number of rotatable bonds is 5. The molecule has 1 fully saturated rings. The Balaban J connectivity index is 2.73. The number of ether oxygens (including phenoxy) is 1. The van der Waals surface area contributed by atoms with Crippen molar-refractivity contribution in [3.63, 3.8) is 0 Å². The zero-order valence-corrected chi connectivity index (χ0v) is 11.2. The SMILES string of the molecule is C=C/C=C(/C(C)=N)N(C)C1CCOC(CC)C1. The summed E-state index contributed by atoms with van der Waals surface area (Å²) >= 11 is 0. The zero-order chi connectivity index (χ0) is 12.8. The van der Waals surface area contributed by atoms with Crippen LogP contribution in [0.25, 0.3) is 0 Å². The standard InChI is InChI=1S/C14H24N2O/c1-5-7-14(11(3)15)16(4)12-8-9-17-13(6-2)10-12/h5,7,12-13,15H,1,6,8-10H2,2-4H3/b14-7-,15-11?. The van der Waals surface area contributed by atoms with Gasteiger partial charge in [-0.1, -0.05) is 19.6 Å². The lowest BCUT2D eigenvalue weighted by atomic mass is 9.99. The molecule has 2 unspecified atom stereocenters. The van der Waals surface area contributed by atoms with Gasteiger partial charge in [-0.05, 0) is 32.3 Å². The smallest absolute Gasteiger partial charge is 0.0592 e. The van der Waals surface area contributed by atoms with Gasteiger partial charge >= 0.3 is 0 Å². The van der Waals surface area contributed by atoms with E-state index in [0.29, 0.717) is 17.9 Å². The predicted octanol–water partition coefficient (Wildman–Crippen LogP) is 2.99. The van der Waals surface area contributed by atoms with Crippen molar-refractivity contribution < 1.29 is 4.74 Å². The molecule has 1 aliphatic heterocycles. The first kappa shape index (κ1) is 14.0. The number of hydrogen-bond acceptors (Lipinski definition) is 3. The number of allylic oxidation sites excluding steroid dienone is 3. The van der Waals surface area contributed by atoms with E-state index in [4.69, 9.17) is 10.1 Å². The van der Waals surface area contributed by atoms with Crippen LogP contribution < -0.4 is 0 Å². The fourth-order valence-corrected chi connectivity index (χ4v) is 2.31. The van der Waals surface area contributed by atoms with E-state index in [-0.39, 0.29) is 0 Å². The number of nitrogens with zero attached hydrogens (tertiary/aromatic N) is 1. The third-order valence-corrected chi connectivity index (χ3v) is 3.38. The van der Waals surface area contributed by atoms with Crippen molar-refractivity contribution >= 4 is 5.71 Å². The molecule has 0 amide bonds. The largest absolute Gasteiger partial charge is 0.378 e.